The zero-order valence-electron chi connectivity index (χ0n) is 9.21. The van der Waals surface area contributed by atoms with E-state index in [1.54, 1.807) is 0 Å². The van der Waals surface area contributed by atoms with E-state index in [9.17, 15) is 0 Å². The molecular weight excluding hydrogens is 162 g/mol. The lowest BCUT2D eigenvalue weighted by Gasteiger charge is -2.41. The molecule has 2 atom stereocenters. The van der Waals surface area contributed by atoms with Crippen LogP contribution in [0.15, 0.2) is 0 Å². The van der Waals surface area contributed by atoms with E-state index in [2.05, 4.69) is 32.6 Å². The van der Waals surface area contributed by atoms with Crippen molar-refractivity contribution < 1.29 is 4.74 Å². The molecule has 2 saturated heterocycles. The van der Waals surface area contributed by atoms with E-state index in [0.717, 1.165) is 6.61 Å². The molecule has 0 amide bonds. The molecule has 2 nitrogen and oxygen atoms in total. The molecule has 2 unspecified atom stereocenters. The van der Waals surface area contributed by atoms with Gasteiger partial charge in [-0.2, -0.15) is 0 Å². The van der Waals surface area contributed by atoms with Gasteiger partial charge in [0.2, 0.25) is 0 Å². The minimum atomic E-state index is 0.294. The van der Waals surface area contributed by atoms with Crippen molar-refractivity contribution in [3.8, 4) is 0 Å². The van der Waals surface area contributed by atoms with Gasteiger partial charge >= 0.3 is 0 Å². The summed E-state index contributed by atoms with van der Waals surface area (Å²) >= 11 is 0. The van der Waals surface area contributed by atoms with Crippen LogP contribution in [0.25, 0.3) is 0 Å². The maximum absolute atomic E-state index is 5.73. The van der Waals surface area contributed by atoms with E-state index in [4.69, 9.17) is 4.74 Å². The Morgan fingerprint density at radius 1 is 1.31 bits per heavy atom. The third-order valence-corrected chi connectivity index (χ3v) is 4.01. The van der Waals surface area contributed by atoms with Gasteiger partial charge in [0.15, 0.2) is 0 Å². The van der Waals surface area contributed by atoms with Gasteiger partial charge in [-0.15, -0.1) is 0 Å². The van der Waals surface area contributed by atoms with Gasteiger partial charge in [0.05, 0.1) is 6.61 Å². The van der Waals surface area contributed by atoms with E-state index in [0.29, 0.717) is 23.7 Å². The fourth-order valence-electron chi connectivity index (χ4n) is 2.54. The number of hydrogen-bond donors (Lipinski definition) is 0. The molecular formula is C11H21NO. The van der Waals surface area contributed by atoms with Crippen LogP contribution in [0.4, 0.5) is 0 Å². The first-order valence-corrected chi connectivity index (χ1v) is 5.43. The average Bonchev–Trinajstić information content (AvgIpc) is 2.61. The number of ether oxygens (including phenoxy) is 1. The normalized spacial score (nSPS) is 34.8. The van der Waals surface area contributed by atoms with E-state index in [1.165, 1.54) is 12.8 Å². The van der Waals surface area contributed by atoms with Crippen molar-refractivity contribution >= 4 is 0 Å². The minimum absolute atomic E-state index is 0.294. The SMILES string of the molecule is CC(C)C(C)(C)N1C2CCC1OC2. The van der Waals surface area contributed by atoms with Gasteiger partial charge in [0, 0.05) is 11.6 Å². The van der Waals surface area contributed by atoms with Crippen LogP contribution in [0.5, 0.6) is 0 Å². The molecule has 2 fully saturated rings. The first-order chi connectivity index (χ1) is 6.03. The van der Waals surface area contributed by atoms with Crippen molar-refractivity contribution in [2.75, 3.05) is 6.61 Å². The van der Waals surface area contributed by atoms with Gasteiger partial charge in [0.25, 0.3) is 0 Å². The molecule has 2 aliphatic heterocycles. The highest BCUT2D eigenvalue weighted by Gasteiger charge is 2.48. The van der Waals surface area contributed by atoms with Crippen LogP contribution in [-0.2, 0) is 4.74 Å². The maximum atomic E-state index is 5.73. The molecule has 0 aromatic carbocycles. The average molecular weight is 183 g/mol. The number of hydrogen-bond acceptors (Lipinski definition) is 2. The molecule has 2 rings (SSSR count). The fourth-order valence-corrected chi connectivity index (χ4v) is 2.54. The highest BCUT2D eigenvalue weighted by Crippen LogP contribution is 2.40. The van der Waals surface area contributed by atoms with Crippen LogP contribution >= 0.6 is 0 Å². The van der Waals surface area contributed by atoms with Crippen LogP contribution in [0, 0.1) is 5.92 Å². The summed E-state index contributed by atoms with van der Waals surface area (Å²) in [4.78, 5) is 2.59. The standard InChI is InChI=1S/C11H21NO/c1-8(2)11(3,4)12-9-5-6-10(12)13-7-9/h8-10H,5-7H2,1-4H3. The summed E-state index contributed by atoms with van der Waals surface area (Å²) in [5.74, 6) is 0.692. The Labute approximate surface area is 81.3 Å². The van der Waals surface area contributed by atoms with E-state index >= 15 is 0 Å². The lowest BCUT2D eigenvalue weighted by atomic mass is 9.88. The molecule has 2 bridgehead atoms. The molecule has 0 radical (unpaired) electrons. The molecule has 0 aromatic rings. The predicted molar refractivity (Wildman–Crippen MR) is 53.5 cm³/mol. The Hall–Kier alpha value is -0.0800. The summed E-state index contributed by atoms with van der Waals surface area (Å²) in [6, 6.07) is 0.697. The van der Waals surface area contributed by atoms with E-state index < -0.39 is 0 Å². The Morgan fingerprint density at radius 3 is 2.31 bits per heavy atom. The van der Waals surface area contributed by atoms with Crippen LogP contribution < -0.4 is 0 Å². The monoisotopic (exact) mass is 183 g/mol. The van der Waals surface area contributed by atoms with Crippen LogP contribution in [0.3, 0.4) is 0 Å². The molecule has 2 aliphatic rings. The second kappa shape index (κ2) is 2.96. The lowest BCUT2D eigenvalue weighted by molar-refractivity contribution is -0.0209. The van der Waals surface area contributed by atoms with Crippen LogP contribution in [-0.4, -0.2) is 29.3 Å². The molecule has 2 heteroatoms. The third kappa shape index (κ3) is 1.31. The fraction of sp³-hybridized carbons (Fsp3) is 1.00. The Balaban J connectivity index is 2.17. The molecule has 0 aromatic heterocycles. The van der Waals surface area contributed by atoms with Gasteiger partial charge < -0.3 is 4.74 Å². The van der Waals surface area contributed by atoms with Crippen molar-refractivity contribution in [2.24, 2.45) is 5.92 Å². The van der Waals surface area contributed by atoms with Crippen LogP contribution in [0.2, 0.25) is 0 Å². The Bertz CT molecular complexity index is 180. The zero-order valence-corrected chi connectivity index (χ0v) is 9.21. The van der Waals surface area contributed by atoms with Gasteiger partial charge in [0.1, 0.15) is 6.23 Å². The zero-order chi connectivity index (χ0) is 9.64. The van der Waals surface area contributed by atoms with Crippen molar-refractivity contribution in [3.63, 3.8) is 0 Å². The van der Waals surface area contributed by atoms with Gasteiger partial charge in [-0.05, 0) is 32.6 Å². The minimum Gasteiger partial charge on any atom is -0.361 e. The van der Waals surface area contributed by atoms with Gasteiger partial charge in [-0.3, -0.25) is 4.90 Å². The van der Waals surface area contributed by atoms with Crippen molar-refractivity contribution in [1.82, 2.24) is 4.90 Å². The molecule has 13 heavy (non-hydrogen) atoms. The number of rotatable bonds is 2. The third-order valence-electron chi connectivity index (χ3n) is 4.01. The predicted octanol–water partition coefficient (Wildman–Crippen LogP) is 2.24. The van der Waals surface area contributed by atoms with Crippen molar-refractivity contribution in [3.05, 3.63) is 0 Å². The summed E-state index contributed by atoms with van der Waals surface area (Å²) in [6.07, 6.45) is 2.99. The summed E-state index contributed by atoms with van der Waals surface area (Å²) in [5.41, 5.74) is 0.294. The summed E-state index contributed by atoms with van der Waals surface area (Å²) in [6.45, 7) is 10.3. The smallest absolute Gasteiger partial charge is 0.111 e. The first-order valence-electron chi connectivity index (χ1n) is 5.43. The lowest BCUT2D eigenvalue weighted by Crippen LogP contribution is -2.50. The van der Waals surface area contributed by atoms with Crippen LogP contribution in [0.1, 0.15) is 40.5 Å². The van der Waals surface area contributed by atoms with E-state index in [-0.39, 0.29) is 0 Å². The van der Waals surface area contributed by atoms with Gasteiger partial charge in [-0.1, -0.05) is 13.8 Å². The highest BCUT2D eigenvalue weighted by molar-refractivity contribution is 4.98. The molecule has 0 aliphatic carbocycles. The second-order valence-corrected chi connectivity index (χ2v) is 5.23. The number of fused-ring (bicyclic) bond motifs is 2. The quantitative estimate of drug-likeness (QED) is 0.651. The topological polar surface area (TPSA) is 12.5 Å². The molecule has 0 spiro atoms. The molecule has 0 N–H and O–H groups in total. The first kappa shape index (κ1) is 9.47. The highest BCUT2D eigenvalue weighted by atomic mass is 16.5. The van der Waals surface area contributed by atoms with Crippen molar-refractivity contribution in [1.29, 1.82) is 0 Å². The second-order valence-electron chi connectivity index (χ2n) is 5.23. The molecule has 76 valence electrons. The summed E-state index contributed by atoms with van der Waals surface area (Å²) < 4.78 is 5.73. The summed E-state index contributed by atoms with van der Waals surface area (Å²) in [5, 5.41) is 0. The molecule has 2 heterocycles. The summed E-state index contributed by atoms with van der Waals surface area (Å²) in [7, 11) is 0. The van der Waals surface area contributed by atoms with Crippen molar-refractivity contribution in [2.45, 2.75) is 58.3 Å². The maximum Gasteiger partial charge on any atom is 0.111 e. The Kier molecular flexibility index (Phi) is 2.16. The van der Waals surface area contributed by atoms with E-state index in [1.807, 2.05) is 0 Å². The molecule has 0 saturated carbocycles. The largest absolute Gasteiger partial charge is 0.361 e. The van der Waals surface area contributed by atoms with Gasteiger partial charge in [-0.25, -0.2) is 0 Å². The number of nitrogens with zero attached hydrogens (tertiary/aromatic N) is 1. The Morgan fingerprint density at radius 2 is 2.00 bits per heavy atom.